The Bertz CT molecular complexity index is 380. The molecule has 0 unspecified atom stereocenters. The molecule has 1 aromatic carbocycles. The van der Waals surface area contributed by atoms with Gasteiger partial charge in [-0.15, -0.1) is 12.4 Å². The van der Waals surface area contributed by atoms with Crippen molar-refractivity contribution in [2.45, 2.75) is 25.3 Å². The lowest BCUT2D eigenvalue weighted by Gasteiger charge is -2.31. The smallest absolute Gasteiger partial charge is 0.161 e. The third-order valence-corrected chi connectivity index (χ3v) is 3.06. The lowest BCUT2D eigenvalue weighted by Crippen LogP contribution is -2.27. The second-order valence-electron chi connectivity index (χ2n) is 4.00. The monoisotopic (exact) mass is 251 g/mol. The highest BCUT2D eigenvalue weighted by atomic mass is 35.5. The first-order chi connectivity index (χ1) is 7.09. The van der Waals surface area contributed by atoms with E-state index in [2.05, 4.69) is 0 Å². The summed E-state index contributed by atoms with van der Waals surface area (Å²) in [5, 5.41) is 0. The average Bonchev–Trinajstić information content (AvgIpc) is 2.08. The molecule has 0 amide bonds. The van der Waals surface area contributed by atoms with Crippen molar-refractivity contribution in [2.75, 3.05) is 0 Å². The zero-order valence-corrected chi connectivity index (χ0v) is 9.37. The van der Waals surface area contributed by atoms with Crippen molar-refractivity contribution in [3.63, 3.8) is 0 Å². The molecule has 0 aromatic heterocycles. The first-order valence-electron chi connectivity index (χ1n) is 4.99. The van der Waals surface area contributed by atoms with E-state index in [4.69, 9.17) is 5.73 Å². The molecule has 0 saturated heterocycles. The molecule has 0 heterocycles. The molecule has 1 atom stereocenters. The maximum atomic E-state index is 13.3. The van der Waals surface area contributed by atoms with Crippen molar-refractivity contribution in [1.82, 2.24) is 0 Å². The van der Waals surface area contributed by atoms with Crippen LogP contribution >= 0.6 is 12.4 Å². The Balaban J connectivity index is 0.00000128. The van der Waals surface area contributed by atoms with Gasteiger partial charge in [0.25, 0.3) is 0 Å². The maximum Gasteiger partial charge on any atom is 0.161 e. The minimum absolute atomic E-state index is 0. The van der Waals surface area contributed by atoms with Gasteiger partial charge in [0.15, 0.2) is 11.6 Å². The van der Waals surface area contributed by atoms with Gasteiger partial charge in [0.05, 0.1) is 0 Å². The fraction of sp³-hybridized carbons (Fsp3) is 0.455. The van der Waals surface area contributed by atoms with Crippen molar-refractivity contribution in [3.05, 3.63) is 35.1 Å². The molecule has 1 nitrogen and oxygen atoms in total. The van der Waals surface area contributed by atoms with Crippen molar-refractivity contribution in [1.29, 1.82) is 0 Å². The molecule has 0 spiro atoms. The molecule has 1 aromatic rings. The Morgan fingerprint density at radius 1 is 1.06 bits per heavy atom. The molecular formula is C11H13ClF3N. The molecule has 1 saturated carbocycles. The normalized spacial score (nSPS) is 17.5. The zero-order chi connectivity index (χ0) is 11.0. The van der Waals surface area contributed by atoms with Crippen LogP contribution in [0, 0.1) is 23.4 Å². The van der Waals surface area contributed by atoms with E-state index in [1.807, 2.05) is 0 Å². The number of nitrogens with two attached hydrogens (primary N) is 1. The summed E-state index contributed by atoms with van der Waals surface area (Å²) < 4.78 is 38.9. The highest BCUT2D eigenvalue weighted by Gasteiger charge is 2.28. The second-order valence-corrected chi connectivity index (χ2v) is 4.00. The first-order valence-corrected chi connectivity index (χ1v) is 4.99. The second kappa shape index (κ2) is 5.06. The van der Waals surface area contributed by atoms with E-state index >= 15 is 0 Å². The molecule has 90 valence electrons. The highest BCUT2D eigenvalue weighted by Crippen LogP contribution is 2.37. The molecule has 1 aliphatic rings. The molecule has 1 aliphatic carbocycles. The van der Waals surface area contributed by atoms with Gasteiger partial charge in [-0.05, 0) is 24.8 Å². The Morgan fingerprint density at radius 3 is 2.12 bits per heavy atom. The van der Waals surface area contributed by atoms with Crippen LogP contribution in [0.15, 0.2) is 12.1 Å². The van der Waals surface area contributed by atoms with E-state index in [0.717, 1.165) is 25.3 Å². The summed E-state index contributed by atoms with van der Waals surface area (Å²) >= 11 is 0. The standard InChI is InChI=1S/C11H12F3N.ClH/c12-8-5-10(14)9(13)4-7(8)11(15)6-2-1-3-6;/h4-6,11H,1-3,15H2;1H/t11-;/m0./s1. The molecule has 2 N–H and O–H groups in total. The molecule has 5 heteroatoms. The third-order valence-electron chi connectivity index (χ3n) is 3.06. The van der Waals surface area contributed by atoms with Crippen molar-refractivity contribution in [2.24, 2.45) is 11.7 Å². The lowest BCUT2D eigenvalue weighted by molar-refractivity contribution is 0.259. The van der Waals surface area contributed by atoms with Gasteiger partial charge in [0.2, 0.25) is 0 Å². The number of halogens is 4. The fourth-order valence-corrected chi connectivity index (χ4v) is 1.85. The summed E-state index contributed by atoms with van der Waals surface area (Å²) in [6.45, 7) is 0. The summed E-state index contributed by atoms with van der Waals surface area (Å²) in [5.41, 5.74) is 5.87. The Labute approximate surface area is 98.2 Å². The quantitative estimate of drug-likeness (QED) is 0.802. The SMILES string of the molecule is Cl.N[C@H](c1cc(F)c(F)cc1F)C1CCC1. The van der Waals surface area contributed by atoms with Crippen molar-refractivity contribution < 1.29 is 13.2 Å². The van der Waals surface area contributed by atoms with E-state index in [1.165, 1.54) is 0 Å². The van der Waals surface area contributed by atoms with E-state index in [-0.39, 0.29) is 23.9 Å². The van der Waals surface area contributed by atoms with E-state index < -0.39 is 23.5 Å². The predicted molar refractivity (Wildman–Crippen MR) is 57.8 cm³/mol. The van der Waals surface area contributed by atoms with E-state index in [0.29, 0.717) is 6.07 Å². The summed E-state index contributed by atoms with van der Waals surface area (Å²) in [6, 6.07) is 0.908. The lowest BCUT2D eigenvalue weighted by atomic mass is 9.77. The Kier molecular flexibility index (Phi) is 4.21. The van der Waals surface area contributed by atoms with Crippen LogP contribution in [0.3, 0.4) is 0 Å². The molecule has 0 aliphatic heterocycles. The molecular weight excluding hydrogens is 239 g/mol. The van der Waals surface area contributed by atoms with Crippen LogP contribution in [-0.4, -0.2) is 0 Å². The van der Waals surface area contributed by atoms with Crippen LogP contribution in [0.5, 0.6) is 0 Å². The third kappa shape index (κ3) is 2.33. The largest absolute Gasteiger partial charge is 0.324 e. The van der Waals surface area contributed by atoms with Crippen molar-refractivity contribution >= 4 is 12.4 Å². The first kappa shape index (κ1) is 13.3. The van der Waals surface area contributed by atoms with Crippen LogP contribution in [-0.2, 0) is 0 Å². The van der Waals surface area contributed by atoms with E-state index in [1.54, 1.807) is 0 Å². The van der Waals surface area contributed by atoms with Gasteiger partial charge in [0, 0.05) is 17.7 Å². The van der Waals surface area contributed by atoms with Gasteiger partial charge >= 0.3 is 0 Å². The van der Waals surface area contributed by atoms with Gasteiger partial charge in [-0.1, -0.05) is 6.42 Å². The Morgan fingerprint density at radius 2 is 1.62 bits per heavy atom. The molecule has 0 bridgehead atoms. The number of rotatable bonds is 2. The predicted octanol–water partition coefficient (Wildman–Crippen LogP) is 3.33. The minimum Gasteiger partial charge on any atom is -0.324 e. The van der Waals surface area contributed by atoms with Crippen LogP contribution in [0.25, 0.3) is 0 Å². The van der Waals surface area contributed by atoms with Gasteiger partial charge in [-0.3, -0.25) is 0 Å². The zero-order valence-electron chi connectivity index (χ0n) is 8.55. The molecule has 1 fully saturated rings. The molecule has 0 radical (unpaired) electrons. The van der Waals surface area contributed by atoms with Gasteiger partial charge in [-0.25, -0.2) is 13.2 Å². The van der Waals surface area contributed by atoms with Gasteiger partial charge in [-0.2, -0.15) is 0 Å². The fourth-order valence-electron chi connectivity index (χ4n) is 1.85. The topological polar surface area (TPSA) is 26.0 Å². The van der Waals surface area contributed by atoms with Crippen molar-refractivity contribution in [3.8, 4) is 0 Å². The van der Waals surface area contributed by atoms with Crippen LogP contribution in [0.2, 0.25) is 0 Å². The van der Waals surface area contributed by atoms with Crippen LogP contribution in [0.4, 0.5) is 13.2 Å². The highest BCUT2D eigenvalue weighted by molar-refractivity contribution is 5.85. The molecule has 2 rings (SSSR count). The summed E-state index contributed by atoms with van der Waals surface area (Å²) in [5.74, 6) is -2.77. The summed E-state index contributed by atoms with van der Waals surface area (Å²) in [4.78, 5) is 0. The molecule has 16 heavy (non-hydrogen) atoms. The minimum atomic E-state index is -1.17. The average molecular weight is 252 g/mol. The summed E-state index contributed by atoms with van der Waals surface area (Å²) in [6.07, 6.45) is 2.93. The number of benzene rings is 1. The maximum absolute atomic E-state index is 13.3. The van der Waals surface area contributed by atoms with Gasteiger partial charge in [0.1, 0.15) is 5.82 Å². The number of hydrogen-bond acceptors (Lipinski definition) is 1. The van der Waals surface area contributed by atoms with Gasteiger partial charge < -0.3 is 5.73 Å². The summed E-state index contributed by atoms with van der Waals surface area (Å²) in [7, 11) is 0. The van der Waals surface area contributed by atoms with Crippen LogP contribution < -0.4 is 5.73 Å². The van der Waals surface area contributed by atoms with E-state index in [9.17, 15) is 13.2 Å². The number of hydrogen-bond donors (Lipinski definition) is 1. The van der Waals surface area contributed by atoms with Crippen LogP contribution in [0.1, 0.15) is 30.9 Å². The Hall–Kier alpha value is -0.740.